The average Bonchev–Trinajstić information content (AvgIpc) is 4.17. The van der Waals surface area contributed by atoms with Crippen LogP contribution in [0.15, 0.2) is 241 Å². The summed E-state index contributed by atoms with van der Waals surface area (Å²) in [5, 5.41) is 7.12. The SMILES string of the molecule is [C-]#[N+]c1ccc2c(c1)c1ccccc1n2-c1ccc2c(c1)C1(c3ccc(-c4ccc5c(c4)c4ccccc4n5-c4cccc(-n5c6ccccc6c6ccccc65)c4)cc3S2)c2cccnc2-c2ncccc21. The maximum atomic E-state index is 7.79. The van der Waals surface area contributed by atoms with E-state index in [0.29, 0.717) is 5.69 Å². The minimum Gasteiger partial charge on any atom is -0.309 e. The predicted octanol–water partition coefficient (Wildman–Crippen LogP) is 16.8. The van der Waals surface area contributed by atoms with Gasteiger partial charge in [-0.05, 0) is 142 Å². The highest BCUT2D eigenvalue weighted by molar-refractivity contribution is 7.99. The smallest absolute Gasteiger partial charge is 0.188 e. The van der Waals surface area contributed by atoms with Gasteiger partial charge in [-0.15, -0.1) is 0 Å². The molecule has 1 aliphatic carbocycles. The van der Waals surface area contributed by atoms with Crippen molar-refractivity contribution in [1.29, 1.82) is 0 Å². The molecule has 0 N–H and O–H groups in total. The molecule has 16 rings (SSSR count). The Labute approximate surface area is 423 Å². The molecule has 0 radical (unpaired) electrons. The average molecular weight is 947 g/mol. The van der Waals surface area contributed by atoms with Crippen LogP contribution >= 0.6 is 11.8 Å². The van der Waals surface area contributed by atoms with Gasteiger partial charge in [0.15, 0.2) is 5.69 Å². The lowest BCUT2D eigenvalue weighted by molar-refractivity contribution is 0.718. The van der Waals surface area contributed by atoms with Gasteiger partial charge in [0.1, 0.15) is 0 Å². The molecule has 7 heteroatoms. The lowest BCUT2D eigenvalue weighted by atomic mass is 9.67. The van der Waals surface area contributed by atoms with E-state index >= 15 is 0 Å². The second-order valence-electron chi connectivity index (χ2n) is 19.2. The molecule has 0 amide bonds. The van der Waals surface area contributed by atoms with Gasteiger partial charge in [0.05, 0.1) is 56.5 Å². The van der Waals surface area contributed by atoms with Crippen LogP contribution in [-0.2, 0) is 5.41 Å². The summed E-state index contributed by atoms with van der Waals surface area (Å²) in [4.78, 5) is 16.3. The number of nitrogens with zero attached hydrogens (tertiary/aromatic N) is 6. The molecule has 73 heavy (non-hydrogen) atoms. The molecule has 14 aromatic rings. The molecule has 0 bridgehead atoms. The summed E-state index contributed by atoms with van der Waals surface area (Å²) < 4.78 is 7.17. The van der Waals surface area contributed by atoms with E-state index in [1.807, 2.05) is 36.3 Å². The fourth-order valence-corrected chi connectivity index (χ4v) is 13.8. The molecule has 6 nitrogen and oxygen atoms in total. The first kappa shape index (κ1) is 40.3. The summed E-state index contributed by atoms with van der Waals surface area (Å²) >= 11 is 1.84. The van der Waals surface area contributed by atoms with E-state index in [0.717, 1.165) is 78.0 Å². The van der Waals surface area contributed by atoms with E-state index in [-0.39, 0.29) is 0 Å². The Kier molecular flexibility index (Phi) is 8.28. The van der Waals surface area contributed by atoms with Crippen LogP contribution in [0.2, 0.25) is 0 Å². The molecular formula is C66H38N6S. The Balaban J connectivity index is 0.864. The van der Waals surface area contributed by atoms with Crippen molar-refractivity contribution in [3.63, 3.8) is 0 Å². The maximum Gasteiger partial charge on any atom is 0.188 e. The molecule has 0 fully saturated rings. The Morgan fingerprint density at radius 2 is 0.849 bits per heavy atom. The quantitative estimate of drug-likeness (QED) is 0.165. The zero-order valence-electron chi connectivity index (χ0n) is 39.0. The Morgan fingerprint density at radius 1 is 0.356 bits per heavy atom. The van der Waals surface area contributed by atoms with Gasteiger partial charge in [-0.2, -0.15) is 0 Å². The van der Waals surface area contributed by atoms with Crippen LogP contribution in [0.25, 0.3) is 110 Å². The number of rotatable bonds is 4. The fourth-order valence-electron chi connectivity index (χ4n) is 12.6. The summed E-state index contributed by atoms with van der Waals surface area (Å²) in [5.74, 6) is 0. The molecule has 1 aliphatic heterocycles. The van der Waals surface area contributed by atoms with Crippen LogP contribution in [0, 0.1) is 6.57 Å². The summed E-state index contributed by atoms with van der Waals surface area (Å²) in [6, 6.07) is 79.4. The van der Waals surface area contributed by atoms with Crippen molar-refractivity contribution in [2.45, 2.75) is 15.2 Å². The van der Waals surface area contributed by atoms with Gasteiger partial charge < -0.3 is 13.7 Å². The molecule has 9 aromatic carbocycles. The van der Waals surface area contributed by atoms with Crippen LogP contribution in [0.4, 0.5) is 5.69 Å². The van der Waals surface area contributed by atoms with Gasteiger partial charge >= 0.3 is 0 Å². The number of pyridine rings is 2. The van der Waals surface area contributed by atoms with Gasteiger partial charge in [0.25, 0.3) is 0 Å². The zero-order chi connectivity index (χ0) is 47.9. The Hall–Kier alpha value is -9.48. The minimum atomic E-state index is -0.682. The van der Waals surface area contributed by atoms with Crippen molar-refractivity contribution in [2.24, 2.45) is 0 Å². The van der Waals surface area contributed by atoms with Crippen LogP contribution in [0.1, 0.15) is 22.3 Å². The lowest BCUT2D eigenvalue weighted by Crippen LogP contribution is -2.32. The van der Waals surface area contributed by atoms with Crippen molar-refractivity contribution >= 4 is 82.9 Å². The van der Waals surface area contributed by atoms with Crippen molar-refractivity contribution in [2.75, 3.05) is 0 Å². The number of hydrogen-bond donors (Lipinski definition) is 0. The summed E-state index contributed by atoms with van der Waals surface area (Å²) in [6.45, 7) is 7.79. The van der Waals surface area contributed by atoms with E-state index in [4.69, 9.17) is 16.5 Å². The third kappa shape index (κ3) is 5.47. The van der Waals surface area contributed by atoms with E-state index < -0.39 is 5.41 Å². The van der Waals surface area contributed by atoms with E-state index in [1.54, 1.807) is 0 Å². The maximum absolute atomic E-state index is 7.79. The molecule has 0 saturated heterocycles. The van der Waals surface area contributed by atoms with E-state index in [9.17, 15) is 0 Å². The molecule has 338 valence electrons. The highest BCUT2D eigenvalue weighted by Crippen LogP contribution is 2.62. The number of para-hydroxylation sites is 4. The highest BCUT2D eigenvalue weighted by Gasteiger charge is 2.51. The van der Waals surface area contributed by atoms with Crippen LogP contribution in [0.3, 0.4) is 0 Å². The summed E-state index contributed by atoms with van der Waals surface area (Å²) in [5.41, 5.74) is 19.0. The molecule has 0 atom stereocenters. The van der Waals surface area contributed by atoms with Crippen molar-refractivity contribution in [3.8, 4) is 39.6 Å². The second kappa shape index (κ2) is 15.0. The third-order valence-electron chi connectivity index (χ3n) is 15.6. The summed E-state index contributed by atoms with van der Waals surface area (Å²) in [7, 11) is 0. The zero-order valence-corrected chi connectivity index (χ0v) is 39.8. The highest BCUT2D eigenvalue weighted by atomic mass is 32.2. The third-order valence-corrected chi connectivity index (χ3v) is 16.7. The largest absolute Gasteiger partial charge is 0.309 e. The van der Waals surface area contributed by atoms with Gasteiger partial charge in [0.2, 0.25) is 0 Å². The molecule has 1 spiro atoms. The van der Waals surface area contributed by atoms with Crippen LogP contribution in [0.5, 0.6) is 0 Å². The van der Waals surface area contributed by atoms with Crippen LogP contribution in [-0.4, -0.2) is 23.7 Å². The van der Waals surface area contributed by atoms with Gasteiger partial charge in [-0.1, -0.05) is 127 Å². The van der Waals surface area contributed by atoms with Gasteiger partial charge in [-0.25, -0.2) is 4.85 Å². The molecular weight excluding hydrogens is 909 g/mol. The topological polar surface area (TPSA) is 44.9 Å². The summed E-state index contributed by atoms with van der Waals surface area (Å²) in [6.07, 6.45) is 3.78. The van der Waals surface area contributed by atoms with Crippen LogP contribution < -0.4 is 0 Å². The van der Waals surface area contributed by atoms with Crippen molar-refractivity contribution in [3.05, 3.63) is 264 Å². The first-order valence-corrected chi connectivity index (χ1v) is 25.4. The molecule has 2 aliphatic rings. The van der Waals surface area contributed by atoms with E-state index in [2.05, 4.69) is 225 Å². The number of hydrogen-bond acceptors (Lipinski definition) is 3. The minimum absolute atomic E-state index is 0.635. The number of aromatic nitrogens is 5. The molecule has 0 unspecified atom stereocenters. The standard InChI is InChI=1S/C66H38N6S/c1-67-42-27-31-61-51(37-42)49-18-5-9-24-59(49)72(61)45-28-32-62-55(39-45)66(53-19-11-33-68-64(53)65-54(66)20-12-34-69-65)52-29-25-41(36-63(52)73-62)40-26-30-60-50(35-40)48-17-4-8-23-58(48)71(60)44-14-10-13-43(38-44)70-56-21-6-2-15-46(56)47-16-3-7-22-57(47)70/h2-39H. The normalized spacial score (nSPS) is 13.2. The fraction of sp³-hybridized carbons (Fsp3) is 0.0152. The molecule has 6 heterocycles. The van der Waals surface area contributed by atoms with Crippen molar-refractivity contribution in [1.82, 2.24) is 23.7 Å². The number of fused-ring (bicyclic) bond motifs is 18. The molecule has 5 aromatic heterocycles. The lowest BCUT2D eigenvalue weighted by Gasteiger charge is -2.39. The molecule has 0 saturated carbocycles. The van der Waals surface area contributed by atoms with E-state index in [1.165, 1.54) is 59.0 Å². The number of benzene rings is 9. The Bertz CT molecular complexity index is 4660. The van der Waals surface area contributed by atoms with Crippen molar-refractivity contribution < 1.29 is 0 Å². The van der Waals surface area contributed by atoms with Gasteiger partial charge in [0, 0.05) is 66.2 Å². The second-order valence-corrected chi connectivity index (χ2v) is 20.3. The Morgan fingerprint density at radius 3 is 1.44 bits per heavy atom. The predicted molar refractivity (Wildman–Crippen MR) is 298 cm³/mol. The first-order valence-electron chi connectivity index (χ1n) is 24.6. The van der Waals surface area contributed by atoms with Gasteiger partial charge in [-0.3, -0.25) is 9.97 Å². The first-order chi connectivity index (χ1) is 36.2. The monoisotopic (exact) mass is 946 g/mol.